The molecule has 0 aliphatic carbocycles. The molecule has 22 heavy (non-hydrogen) atoms. The third kappa shape index (κ3) is 2.71. The highest BCUT2D eigenvalue weighted by Gasteiger charge is 2.24. The van der Waals surface area contributed by atoms with Crippen LogP contribution in [0.15, 0.2) is 12.1 Å². The normalized spacial score (nSPS) is 18.9. The molecule has 0 amide bonds. The summed E-state index contributed by atoms with van der Waals surface area (Å²) in [5.74, 6) is 0. The molecule has 0 unspecified atom stereocenters. The first-order valence-electron chi connectivity index (χ1n) is 8.04. The van der Waals surface area contributed by atoms with Crippen LogP contribution < -0.4 is 15.1 Å². The second kappa shape index (κ2) is 6.05. The number of nitrogens with one attached hydrogen (secondary N) is 1. The molecule has 2 aliphatic heterocycles. The summed E-state index contributed by atoms with van der Waals surface area (Å²) in [6.45, 7) is 3.98. The zero-order chi connectivity index (χ0) is 15.7. The van der Waals surface area contributed by atoms with Gasteiger partial charge in [0.1, 0.15) is 6.07 Å². The highest BCUT2D eigenvalue weighted by molar-refractivity contribution is 5.80. The Morgan fingerprint density at radius 1 is 1.18 bits per heavy atom. The van der Waals surface area contributed by atoms with Crippen molar-refractivity contribution in [1.29, 1.82) is 5.26 Å². The van der Waals surface area contributed by atoms with Gasteiger partial charge in [0.2, 0.25) is 0 Å². The van der Waals surface area contributed by atoms with Gasteiger partial charge in [0.25, 0.3) is 0 Å². The number of hydrogen-bond acceptors (Lipinski definition) is 5. The average Bonchev–Trinajstić information content (AvgIpc) is 2.54. The predicted molar refractivity (Wildman–Crippen MR) is 91.8 cm³/mol. The van der Waals surface area contributed by atoms with Crippen LogP contribution in [-0.2, 0) is 0 Å². The maximum atomic E-state index is 9.53. The fraction of sp³-hybridized carbons (Fsp3) is 0.588. The van der Waals surface area contributed by atoms with Gasteiger partial charge in [-0.25, -0.2) is 0 Å². The number of hydrogen-bond donors (Lipinski definition) is 1. The third-order valence-corrected chi connectivity index (χ3v) is 4.94. The van der Waals surface area contributed by atoms with Gasteiger partial charge in [-0.3, -0.25) is 0 Å². The fourth-order valence-electron chi connectivity index (χ4n) is 3.49. The first-order valence-corrected chi connectivity index (χ1v) is 8.04. The van der Waals surface area contributed by atoms with E-state index in [-0.39, 0.29) is 0 Å². The van der Waals surface area contributed by atoms with Crippen molar-refractivity contribution in [2.24, 2.45) is 0 Å². The zero-order valence-corrected chi connectivity index (χ0v) is 13.8. The maximum Gasteiger partial charge on any atom is 0.101 e. The van der Waals surface area contributed by atoms with Crippen molar-refractivity contribution in [3.63, 3.8) is 0 Å². The van der Waals surface area contributed by atoms with E-state index in [4.69, 9.17) is 0 Å². The molecule has 0 radical (unpaired) electrons. The first kappa shape index (κ1) is 15.0. The highest BCUT2D eigenvalue weighted by atomic mass is 15.2. The van der Waals surface area contributed by atoms with Gasteiger partial charge >= 0.3 is 0 Å². The van der Waals surface area contributed by atoms with Crippen LogP contribution in [0.5, 0.6) is 0 Å². The predicted octanol–water partition coefficient (Wildman–Crippen LogP) is 1.95. The van der Waals surface area contributed by atoms with Gasteiger partial charge in [0.15, 0.2) is 0 Å². The molecule has 1 fully saturated rings. The third-order valence-electron chi connectivity index (χ3n) is 4.94. The van der Waals surface area contributed by atoms with Gasteiger partial charge in [-0.2, -0.15) is 5.26 Å². The molecule has 0 bridgehead atoms. The van der Waals surface area contributed by atoms with Crippen LogP contribution in [0, 0.1) is 11.3 Å². The van der Waals surface area contributed by atoms with Crippen LogP contribution >= 0.6 is 0 Å². The zero-order valence-electron chi connectivity index (χ0n) is 13.8. The second-order valence-corrected chi connectivity index (χ2v) is 6.53. The SMILES string of the molecule is CN1CCNc2cc(C#N)c(N3CCC(N(C)C)CC3)cc21. The Morgan fingerprint density at radius 3 is 2.55 bits per heavy atom. The lowest BCUT2D eigenvalue weighted by molar-refractivity contribution is 0.249. The summed E-state index contributed by atoms with van der Waals surface area (Å²) in [7, 11) is 6.43. The van der Waals surface area contributed by atoms with Crippen molar-refractivity contribution < 1.29 is 0 Å². The Hall–Kier alpha value is -1.93. The summed E-state index contributed by atoms with van der Waals surface area (Å²) in [6, 6.07) is 7.24. The summed E-state index contributed by atoms with van der Waals surface area (Å²) >= 11 is 0. The van der Waals surface area contributed by atoms with Crippen LogP contribution in [0.2, 0.25) is 0 Å². The Bertz CT molecular complexity index is 581. The van der Waals surface area contributed by atoms with Crippen molar-refractivity contribution in [1.82, 2.24) is 4.90 Å². The topological polar surface area (TPSA) is 45.5 Å². The molecular formula is C17H25N5. The van der Waals surface area contributed by atoms with E-state index in [2.05, 4.69) is 53.3 Å². The molecule has 2 aliphatic rings. The molecule has 1 saturated heterocycles. The Labute approximate surface area is 133 Å². The molecule has 0 atom stereocenters. The van der Waals surface area contributed by atoms with Crippen molar-refractivity contribution in [3.05, 3.63) is 17.7 Å². The minimum atomic E-state index is 0.656. The molecule has 0 spiro atoms. The number of anilines is 3. The van der Waals surface area contributed by atoms with Gasteiger partial charge < -0.3 is 20.0 Å². The summed E-state index contributed by atoms with van der Waals surface area (Å²) in [6.07, 6.45) is 2.31. The second-order valence-electron chi connectivity index (χ2n) is 6.53. The Kier molecular flexibility index (Phi) is 4.12. The number of nitriles is 1. The first-order chi connectivity index (χ1) is 10.6. The number of rotatable bonds is 2. The minimum absolute atomic E-state index is 0.656. The van der Waals surface area contributed by atoms with E-state index in [1.807, 2.05) is 6.07 Å². The lowest BCUT2D eigenvalue weighted by Crippen LogP contribution is -2.42. The van der Waals surface area contributed by atoms with Crippen LogP contribution in [0.4, 0.5) is 17.1 Å². The number of nitrogens with zero attached hydrogens (tertiary/aromatic N) is 4. The monoisotopic (exact) mass is 299 g/mol. The lowest BCUT2D eigenvalue weighted by Gasteiger charge is -2.38. The van der Waals surface area contributed by atoms with Gasteiger partial charge in [0.05, 0.1) is 22.6 Å². The fourth-order valence-corrected chi connectivity index (χ4v) is 3.49. The summed E-state index contributed by atoms with van der Waals surface area (Å²) in [5, 5.41) is 12.9. The van der Waals surface area contributed by atoms with Gasteiger partial charge in [-0.15, -0.1) is 0 Å². The van der Waals surface area contributed by atoms with Crippen molar-refractivity contribution in [2.75, 3.05) is 62.4 Å². The highest BCUT2D eigenvalue weighted by Crippen LogP contribution is 2.36. The molecule has 0 saturated carbocycles. The van der Waals surface area contributed by atoms with Gasteiger partial charge in [-0.1, -0.05) is 0 Å². The molecule has 1 N–H and O–H groups in total. The smallest absolute Gasteiger partial charge is 0.101 e. The van der Waals surface area contributed by atoms with Crippen LogP contribution in [0.1, 0.15) is 18.4 Å². The van der Waals surface area contributed by atoms with E-state index in [0.29, 0.717) is 6.04 Å². The molecule has 118 valence electrons. The lowest BCUT2D eigenvalue weighted by atomic mass is 10.0. The molecular weight excluding hydrogens is 274 g/mol. The molecule has 1 aromatic carbocycles. The average molecular weight is 299 g/mol. The summed E-state index contributed by atoms with van der Waals surface area (Å²) in [4.78, 5) is 6.96. The molecule has 5 heteroatoms. The van der Waals surface area contributed by atoms with E-state index in [0.717, 1.165) is 56.0 Å². The summed E-state index contributed by atoms with van der Waals surface area (Å²) < 4.78 is 0. The van der Waals surface area contributed by atoms with E-state index in [1.54, 1.807) is 0 Å². The largest absolute Gasteiger partial charge is 0.382 e. The van der Waals surface area contributed by atoms with Crippen molar-refractivity contribution in [3.8, 4) is 6.07 Å². The van der Waals surface area contributed by atoms with E-state index < -0.39 is 0 Å². The van der Waals surface area contributed by atoms with Gasteiger partial charge in [0, 0.05) is 39.3 Å². The molecule has 3 rings (SSSR count). The minimum Gasteiger partial charge on any atom is -0.382 e. The number of benzene rings is 1. The molecule has 5 nitrogen and oxygen atoms in total. The maximum absolute atomic E-state index is 9.53. The summed E-state index contributed by atoms with van der Waals surface area (Å²) in [5.41, 5.74) is 4.16. The van der Waals surface area contributed by atoms with Crippen molar-refractivity contribution in [2.45, 2.75) is 18.9 Å². The quantitative estimate of drug-likeness (QED) is 0.904. The number of fused-ring (bicyclic) bond motifs is 1. The van der Waals surface area contributed by atoms with E-state index in [9.17, 15) is 5.26 Å². The van der Waals surface area contributed by atoms with Crippen LogP contribution in [0.25, 0.3) is 0 Å². The number of likely N-dealkylation sites (N-methyl/N-ethyl adjacent to an activating group) is 1. The molecule has 1 aromatic rings. The Balaban J connectivity index is 1.87. The Morgan fingerprint density at radius 2 is 1.91 bits per heavy atom. The van der Waals surface area contributed by atoms with Crippen LogP contribution in [0.3, 0.4) is 0 Å². The standard InChI is InChI=1S/C17H25N5/c1-20(2)14-4-7-22(8-5-14)16-11-17-15(10-13(16)12-18)19-6-9-21(17)3/h10-11,14,19H,4-9H2,1-3H3. The van der Waals surface area contributed by atoms with E-state index >= 15 is 0 Å². The van der Waals surface area contributed by atoms with Gasteiger partial charge in [-0.05, 0) is 39.1 Å². The van der Waals surface area contributed by atoms with Crippen molar-refractivity contribution >= 4 is 17.1 Å². The van der Waals surface area contributed by atoms with Crippen LogP contribution in [-0.4, -0.2) is 58.3 Å². The number of piperidine rings is 1. The molecule has 0 aromatic heterocycles. The molecule has 2 heterocycles. The van der Waals surface area contributed by atoms with E-state index in [1.165, 1.54) is 5.69 Å².